The fraction of sp³-hybridized carbons (Fsp3) is 0.250. The standard InChI is InChI=1S/C8H6Cl3O2/c9-8(10,11)7(12,13)6-4-2-1-3-5-6/h1-5,12H/q-1. The van der Waals surface area contributed by atoms with Crippen LogP contribution in [0.25, 0.3) is 0 Å². The molecule has 0 spiro atoms. The molecule has 0 aromatic heterocycles. The first kappa shape index (κ1) is 11.1. The van der Waals surface area contributed by atoms with Crippen LogP contribution in [-0.4, -0.2) is 8.90 Å². The van der Waals surface area contributed by atoms with Gasteiger partial charge in [-0.05, 0) is 5.56 Å². The lowest BCUT2D eigenvalue weighted by Gasteiger charge is -2.41. The third-order valence-electron chi connectivity index (χ3n) is 1.55. The summed E-state index contributed by atoms with van der Waals surface area (Å²) in [7, 11) is 0. The maximum atomic E-state index is 11.5. The zero-order valence-corrected chi connectivity index (χ0v) is 8.64. The molecule has 1 N–H and O–H groups in total. The molecular formula is C8H6Cl3O2-. The highest BCUT2D eigenvalue weighted by molar-refractivity contribution is 6.68. The highest BCUT2D eigenvalue weighted by atomic mass is 35.6. The number of rotatable bonds is 1. The second-order valence-electron chi connectivity index (χ2n) is 2.51. The molecule has 0 bridgehead atoms. The van der Waals surface area contributed by atoms with Crippen LogP contribution >= 0.6 is 34.8 Å². The van der Waals surface area contributed by atoms with Gasteiger partial charge in [-0.2, -0.15) is 0 Å². The molecule has 1 atom stereocenters. The summed E-state index contributed by atoms with van der Waals surface area (Å²) in [6, 6.07) is 7.64. The van der Waals surface area contributed by atoms with Gasteiger partial charge in [0, 0.05) is 0 Å². The minimum Gasteiger partial charge on any atom is -0.822 e. The van der Waals surface area contributed by atoms with Crippen LogP contribution in [0.3, 0.4) is 0 Å². The lowest BCUT2D eigenvalue weighted by molar-refractivity contribution is -0.558. The molecule has 5 heteroatoms. The van der Waals surface area contributed by atoms with Gasteiger partial charge in [0.25, 0.3) is 0 Å². The summed E-state index contributed by atoms with van der Waals surface area (Å²) < 4.78 is -2.28. The molecular weight excluding hydrogens is 234 g/mol. The molecule has 2 nitrogen and oxygen atoms in total. The van der Waals surface area contributed by atoms with Gasteiger partial charge >= 0.3 is 0 Å². The molecule has 1 unspecified atom stereocenters. The molecule has 0 aliphatic rings. The summed E-state index contributed by atoms with van der Waals surface area (Å²) in [5, 5.41) is 20.9. The van der Waals surface area contributed by atoms with Crippen LogP contribution in [0.2, 0.25) is 0 Å². The monoisotopic (exact) mass is 239 g/mol. The summed E-state index contributed by atoms with van der Waals surface area (Å²) in [4.78, 5) is 0. The Hall–Kier alpha value is 0.01000. The quantitative estimate of drug-likeness (QED) is 0.598. The number of hydrogen-bond acceptors (Lipinski definition) is 2. The van der Waals surface area contributed by atoms with Crippen molar-refractivity contribution in [2.24, 2.45) is 0 Å². The normalized spacial score (nSPS) is 16.7. The van der Waals surface area contributed by atoms with E-state index >= 15 is 0 Å². The molecule has 13 heavy (non-hydrogen) atoms. The van der Waals surface area contributed by atoms with E-state index in [-0.39, 0.29) is 5.56 Å². The summed E-state index contributed by atoms with van der Waals surface area (Å²) in [6.45, 7) is 0. The van der Waals surface area contributed by atoms with Gasteiger partial charge in [-0.1, -0.05) is 65.1 Å². The van der Waals surface area contributed by atoms with E-state index < -0.39 is 9.58 Å². The van der Waals surface area contributed by atoms with Crippen molar-refractivity contribution in [3.63, 3.8) is 0 Å². The SMILES string of the molecule is [O-]C(O)(c1ccccc1)C(Cl)(Cl)Cl. The molecule has 0 fully saturated rings. The van der Waals surface area contributed by atoms with Crippen molar-refractivity contribution in [1.82, 2.24) is 0 Å². The van der Waals surface area contributed by atoms with Crippen LogP contribution in [0.1, 0.15) is 5.56 Å². The van der Waals surface area contributed by atoms with E-state index in [2.05, 4.69) is 0 Å². The first-order valence-corrected chi connectivity index (χ1v) is 4.54. The number of halogens is 3. The Morgan fingerprint density at radius 2 is 1.54 bits per heavy atom. The number of benzene rings is 1. The smallest absolute Gasteiger partial charge is 0.208 e. The van der Waals surface area contributed by atoms with E-state index in [1.54, 1.807) is 18.2 Å². The molecule has 0 radical (unpaired) electrons. The number of aliphatic hydroxyl groups is 1. The van der Waals surface area contributed by atoms with Crippen molar-refractivity contribution in [1.29, 1.82) is 0 Å². The lowest BCUT2D eigenvalue weighted by atomic mass is 10.1. The predicted molar refractivity (Wildman–Crippen MR) is 50.6 cm³/mol. The number of hydrogen-bond donors (Lipinski definition) is 1. The van der Waals surface area contributed by atoms with Gasteiger partial charge in [0.1, 0.15) is 0 Å². The van der Waals surface area contributed by atoms with Crippen molar-refractivity contribution in [2.75, 3.05) is 0 Å². The van der Waals surface area contributed by atoms with Gasteiger partial charge in [-0.3, -0.25) is 0 Å². The van der Waals surface area contributed by atoms with Crippen LogP contribution in [-0.2, 0) is 5.79 Å². The largest absolute Gasteiger partial charge is 0.822 e. The summed E-state index contributed by atoms with van der Waals surface area (Å²) in [5.41, 5.74) is 0.0231. The van der Waals surface area contributed by atoms with E-state index in [0.29, 0.717) is 0 Å². The molecule has 0 aliphatic heterocycles. The van der Waals surface area contributed by atoms with Crippen molar-refractivity contribution < 1.29 is 10.2 Å². The number of alkyl halides is 3. The minimum absolute atomic E-state index is 0.0231. The Kier molecular flexibility index (Phi) is 3.10. The highest BCUT2D eigenvalue weighted by Gasteiger charge is 2.38. The zero-order valence-electron chi connectivity index (χ0n) is 6.38. The van der Waals surface area contributed by atoms with Gasteiger partial charge in [0.15, 0.2) is 0 Å². The molecule has 72 valence electrons. The molecule has 0 saturated carbocycles. The maximum Gasteiger partial charge on any atom is 0.208 e. The van der Waals surface area contributed by atoms with E-state index in [0.717, 1.165) is 0 Å². The van der Waals surface area contributed by atoms with Crippen molar-refractivity contribution in [2.45, 2.75) is 9.58 Å². The Morgan fingerprint density at radius 3 is 1.92 bits per heavy atom. The van der Waals surface area contributed by atoms with Gasteiger partial charge in [0.2, 0.25) is 3.79 Å². The molecule has 0 heterocycles. The third-order valence-corrected chi connectivity index (χ3v) is 2.32. The van der Waals surface area contributed by atoms with Crippen LogP contribution in [0.5, 0.6) is 0 Å². The van der Waals surface area contributed by atoms with Crippen LogP contribution < -0.4 is 5.11 Å². The Morgan fingerprint density at radius 1 is 1.08 bits per heavy atom. The summed E-state index contributed by atoms with van der Waals surface area (Å²) in [6.07, 6.45) is 0. The fourth-order valence-corrected chi connectivity index (χ4v) is 1.16. The van der Waals surface area contributed by atoms with Crippen molar-refractivity contribution in [3.8, 4) is 0 Å². The van der Waals surface area contributed by atoms with Crippen molar-refractivity contribution in [3.05, 3.63) is 35.9 Å². The van der Waals surface area contributed by atoms with Gasteiger partial charge in [-0.15, -0.1) is 0 Å². The lowest BCUT2D eigenvalue weighted by Crippen LogP contribution is -2.51. The average Bonchev–Trinajstić information content (AvgIpc) is 2.04. The van der Waals surface area contributed by atoms with E-state index in [4.69, 9.17) is 34.8 Å². The topological polar surface area (TPSA) is 43.3 Å². The van der Waals surface area contributed by atoms with Gasteiger partial charge in [-0.25, -0.2) is 0 Å². The predicted octanol–water partition coefficient (Wildman–Crippen LogP) is 1.56. The average molecular weight is 240 g/mol. The maximum absolute atomic E-state index is 11.5. The van der Waals surface area contributed by atoms with Crippen LogP contribution in [0, 0.1) is 0 Å². The van der Waals surface area contributed by atoms with Gasteiger partial charge in [0.05, 0.1) is 5.79 Å². The molecule has 0 aliphatic carbocycles. The Bertz CT molecular complexity index is 279. The van der Waals surface area contributed by atoms with Gasteiger partial charge < -0.3 is 10.2 Å². The molecule has 1 rings (SSSR count). The second-order valence-corrected chi connectivity index (χ2v) is 4.79. The second kappa shape index (κ2) is 3.64. The minimum atomic E-state index is -2.72. The van der Waals surface area contributed by atoms with E-state index in [1.807, 2.05) is 0 Å². The molecule has 1 aromatic carbocycles. The molecule has 0 amide bonds. The van der Waals surface area contributed by atoms with E-state index in [1.165, 1.54) is 12.1 Å². The zero-order chi connectivity index (χ0) is 10.1. The van der Waals surface area contributed by atoms with Crippen LogP contribution in [0.4, 0.5) is 0 Å². The third kappa shape index (κ3) is 2.27. The Balaban J connectivity index is 3.08. The molecule has 0 saturated heterocycles. The van der Waals surface area contributed by atoms with Crippen LogP contribution in [0.15, 0.2) is 30.3 Å². The first-order chi connectivity index (χ1) is 5.86. The summed E-state index contributed by atoms with van der Waals surface area (Å²) in [5.74, 6) is -2.72. The highest BCUT2D eigenvalue weighted by Crippen LogP contribution is 2.40. The van der Waals surface area contributed by atoms with Crippen molar-refractivity contribution >= 4 is 34.8 Å². The Labute approximate surface area is 90.7 Å². The molecule has 1 aromatic rings. The fourth-order valence-electron chi connectivity index (χ4n) is 0.828. The summed E-state index contributed by atoms with van der Waals surface area (Å²) >= 11 is 16.0. The first-order valence-electron chi connectivity index (χ1n) is 3.41. The van der Waals surface area contributed by atoms with E-state index in [9.17, 15) is 10.2 Å².